The van der Waals surface area contributed by atoms with Crippen LogP contribution in [0.4, 0.5) is 13.2 Å². The number of furan rings is 1. The fourth-order valence-corrected chi connectivity index (χ4v) is 2.81. The monoisotopic (exact) mass is 312 g/mol. The highest BCUT2D eigenvalue weighted by Gasteiger charge is 2.30. The van der Waals surface area contributed by atoms with Crippen molar-refractivity contribution in [3.63, 3.8) is 0 Å². The maximum Gasteiger partial charge on any atom is 0.416 e. The molecule has 1 aromatic heterocycles. The summed E-state index contributed by atoms with van der Waals surface area (Å²) in [6.07, 6.45) is -4.33. The van der Waals surface area contributed by atoms with Crippen molar-refractivity contribution in [1.82, 2.24) is 0 Å². The molecule has 114 valence electrons. The van der Waals surface area contributed by atoms with Crippen LogP contribution < -0.4 is 0 Å². The number of fused-ring (bicyclic) bond motifs is 3. The van der Waals surface area contributed by atoms with Gasteiger partial charge < -0.3 is 4.42 Å². The number of benzene rings is 3. The van der Waals surface area contributed by atoms with Gasteiger partial charge in [0.2, 0.25) is 0 Å². The summed E-state index contributed by atoms with van der Waals surface area (Å²) >= 11 is 0. The number of hydrogen-bond acceptors (Lipinski definition) is 1. The summed E-state index contributed by atoms with van der Waals surface area (Å²) in [4.78, 5) is 0. The number of hydrogen-bond donors (Lipinski definition) is 0. The summed E-state index contributed by atoms with van der Waals surface area (Å²) in [6.45, 7) is 0. The summed E-state index contributed by atoms with van der Waals surface area (Å²) in [5.74, 6) is 0. The second kappa shape index (κ2) is 4.88. The zero-order chi connectivity index (χ0) is 16.0. The van der Waals surface area contributed by atoms with Gasteiger partial charge in [0.05, 0.1) is 5.56 Å². The van der Waals surface area contributed by atoms with E-state index in [9.17, 15) is 13.2 Å². The first-order valence-electron chi connectivity index (χ1n) is 7.12. The molecule has 4 aromatic rings. The molecule has 1 heterocycles. The molecule has 1 nitrogen and oxygen atoms in total. The second-order valence-corrected chi connectivity index (χ2v) is 5.36. The van der Waals surface area contributed by atoms with Crippen LogP contribution in [0.25, 0.3) is 33.1 Å². The Morgan fingerprint density at radius 1 is 0.696 bits per heavy atom. The molecule has 23 heavy (non-hydrogen) atoms. The molecule has 0 saturated carbocycles. The van der Waals surface area contributed by atoms with Crippen LogP contribution in [0, 0.1) is 0 Å². The van der Waals surface area contributed by atoms with E-state index in [0.29, 0.717) is 11.1 Å². The first kappa shape index (κ1) is 13.9. The van der Waals surface area contributed by atoms with Gasteiger partial charge >= 0.3 is 6.18 Å². The molecule has 0 aliphatic rings. The average molecular weight is 312 g/mol. The predicted molar refractivity (Wildman–Crippen MR) is 84.2 cm³/mol. The molecule has 0 atom stereocenters. The van der Waals surface area contributed by atoms with E-state index in [-0.39, 0.29) is 0 Å². The van der Waals surface area contributed by atoms with E-state index >= 15 is 0 Å². The molecule has 0 aliphatic carbocycles. The van der Waals surface area contributed by atoms with Gasteiger partial charge in [-0.2, -0.15) is 13.2 Å². The van der Waals surface area contributed by atoms with Gasteiger partial charge in [-0.05, 0) is 23.8 Å². The summed E-state index contributed by atoms with van der Waals surface area (Å²) in [5.41, 5.74) is 2.28. The molecule has 4 heteroatoms. The molecule has 0 spiro atoms. The second-order valence-electron chi connectivity index (χ2n) is 5.36. The number of para-hydroxylation sites is 2. The quantitative estimate of drug-likeness (QED) is 0.403. The van der Waals surface area contributed by atoms with Crippen LogP contribution in [0.2, 0.25) is 0 Å². The van der Waals surface area contributed by atoms with Crippen LogP contribution in [0.1, 0.15) is 5.56 Å². The number of alkyl halides is 3. The van der Waals surface area contributed by atoms with Gasteiger partial charge in [0.25, 0.3) is 0 Å². The molecule has 0 N–H and O–H groups in total. The topological polar surface area (TPSA) is 13.1 Å². The summed E-state index contributed by atoms with van der Waals surface area (Å²) < 4.78 is 44.0. The van der Waals surface area contributed by atoms with Gasteiger partial charge in [0.15, 0.2) is 0 Å². The van der Waals surface area contributed by atoms with Crippen LogP contribution in [0.3, 0.4) is 0 Å². The third-order valence-corrected chi connectivity index (χ3v) is 3.93. The van der Waals surface area contributed by atoms with Crippen molar-refractivity contribution in [2.75, 3.05) is 0 Å². The number of halogens is 3. The molecule has 0 aliphatic heterocycles. The van der Waals surface area contributed by atoms with E-state index in [1.165, 1.54) is 12.1 Å². The highest BCUT2D eigenvalue weighted by molar-refractivity contribution is 6.09. The van der Waals surface area contributed by atoms with Crippen molar-refractivity contribution in [2.45, 2.75) is 6.18 Å². The van der Waals surface area contributed by atoms with Gasteiger partial charge in [-0.15, -0.1) is 0 Å². The van der Waals surface area contributed by atoms with Crippen LogP contribution in [0.15, 0.2) is 71.1 Å². The molecule has 4 rings (SSSR count). The van der Waals surface area contributed by atoms with E-state index in [0.717, 1.165) is 34.1 Å². The van der Waals surface area contributed by atoms with Crippen molar-refractivity contribution >= 4 is 21.9 Å². The molecule has 0 bridgehead atoms. The first-order chi connectivity index (χ1) is 11.0. The predicted octanol–water partition coefficient (Wildman–Crippen LogP) is 6.27. The Kier molecular flexibility index (Phi) is 2.94. The highest BCUT2D eigenvalue weighted by Crippen LogP contribution is 2.36. The van der Waals surface area contributed by atoms with E-state index in [4.69, 9.17) is 4.42 Å². The van der Waals surface area contributed by atoms with Crippen molar-refractivity contribution < 1.29 is 17.6 Å². The van der Waals surface area contributed by atoms with Crippen LogP contribution >= 0.6 is 0 Å². The van der Waals surface area contributed by atoms with Crippen LogP contribution in [-0.4, -0.2) is 0 Å². The fraction of sp³-hybridized carbons (Fsp3) is 0.0526. The maximum atomic E-state index is 12.7. The lowest BCUT2D eigenvalue weighted by atomic mass is 10.0. The molecule has 3 aromatic carbocycles. The van der Waals surface area contributed by atoms with Gasteiger partial charge in [-0.1, -0.05) is 48.5 Å². The summed E-state index contributed by atoms with van der Waals surface area (Å²) in [7, 11) is 0. The normalized spacial score (nSPS) is 12.1. The smallest absolute Gasteiger partial charge is 0.416 e. The van der Waals surface area contributed by atoms with E-state index in [1.807, 2.05) is 42.5 Å². The van der Waals surface area contributed by atoms with Gasteiger partial charge in [0, 0.05) is 16.3 Å². The lowest BCUT2D eigenvalue weighted by Crippen LogP contribution is -2.03. The Morgan fingerprint density at radius 3 is 2.13 bits per heavy atom. The third kappa shape index (κ3) is 2.27. The third-order valence-electron chi connectivity index (χ3n) is 3.93. The standard InChI is InChI=1S/C19H11F3O/c20-19(21,22)13-10-8-12(9-11-13)14-5-3-6-16-15-4-1-2-7-17(15)23-18(14)16/h1-11H. The Labute approximate surface area is 130 Å². The molecule has 0 unspecified atom stereocenters. The molecule has 0 saturated heterocycles. The molecular weight excluding hydrogens is 301 g/mol. The van der Waals surface area contributed by atoms with Crippen LogP contribution in [-0.2, 0) is 6.18 Å². The summed E-state index contributed by atoms with van der Waals surface area (Å²) in [6, 6.07) is 18.5. The zero-order valence-electron chi connectivity index (χ0n) is 11.9. The number of rotatable bonds is 1. The lowest BCUT2D eigenvalue weighted by molar-refractivity contribution is -0.137. The zero-order valence-corrected chi connectivity index (χ0v) is 11.9. The van der Waals surface area contributed by atoms with E-state index < -0.39 is 11.7 Å². The Balaban J connectivity index is 1.92. The molecular formula is C19H11F3O. The lowest BCUT2D eigenvalue weighted by Gasteiger charge is -2.08. The Bertz CT molecular complexity index is 995. The maximum absolute atomic E-state index is 12.7. The van der Waals surface area contributed by atoms with E-state index in [2.05, 4.69) is 0 Å². The van der Waals surface area contributed by atoms with Gasteiger partial charge in [0.1, 0.15) is 11.2 Å². The fourth-order valence-electron chi connectivity index (χ4n) is 2.81. The summed E-state index contributed by atoms with van der Waals surface area (Å²) in [5, 5.41) is 1.95. The van der Waals surface area contributed by atoms with E-state index in [1.54, 1.807) is 0 Å². The first-order valence-corrected chi connectivity index (χ1v) is 7.12. The van der Waals surface area contributed by atoms with Gasteiger partial charge in [-0.3, -0.25) is 0 Å². The average Bonchev–Trinajstić information content (AvgIpc) is 2.93. The van der Waals surface area contributed by atoms with Gasteiger partial charge in [-0.25, -0.2) is 0 Å². The molecule has 0 fully saturated rings. The van der Waals surface area contributed by atoms with Crippen LogP contribution in [0.5, 0.6) is 0 Å². The SMILES string of the molecule is FC(F)(F)c1ccc(-c2cccc3c2oc2ccccc23)cc1. The minimum atomic E-state index is -4.33. The van der Waals surface area contributed by atoms with Crippen molar-refractivity contribution in [3.8, 4) is 11.1 Å². The molecule has 0 amide bonds. The Hall–Kier alpha value is -2.75. The van der Waals surface area contributed by atoms with Crippen molar-refractivity contribution in [2.24, 2.45) is 0 Å². The molecule has 0 radical (unpaired) electrons. The van der Waals surface area contributed by atoms with Crippen molar-refractivity contribution in [3.05, 3.63) is 72.3 Å². The largest absolute Gasteiger partial charge is 0.455 e. The Morgan fingerprint density at radius 2 is 1.39 bits per heavy atom. The minimum Gasteiger partial charge on any atom is -0.455 e. The highest BCUT2D eigenvalue weighted by atomic mass is 19.4. The minimum absolute atomic E-state index is 0.655. The van der Waals surface area contributed by atoms with Crippen molar-refractivity contribution in [1.29, 1.82) is 0 Å².